The Bertz CT molecular complexity index is 3120. The SMILES string of the molecule is CC1(C)c2ccccc2-c2c(-c3ccc(N(c4ccccc4)c4ccc(-c5cccc6c5ccc5c6ccc6oc(-c7ccccc7)nc65)cc4)cc3)cccc21. The van der Waals surface area contributed by atoms with Crippen molar-refractivity contribution in [2.45, 2.75) is 19.3 Å². The molecule has 1 heterocycles. The largest absolute Gasteiger partial charge is 0.436 e. The molecular weight excluding hydrogens is 693 g/mol. The van der Waals surface area contributed by atoms with Gasteiger partial charge in [0.25, 0.3) is 0 Å². The maximum Gasteiger partial charge on any atom is 0.227 e. The first-order chi connectivity index (χ1) is 28.0. The van der Waals surface area contributed by atoms with Crippen LogP contribution in [-0.4, -0.2) is 4.98 Å². The fourth-order valence-electron chi connectivity index (χ4n) is 9.12. The number of nitrogens with zero attached hydrogens (tertiary/aromatic N) is 2. The summed E-state index contributed by atoms with van der Waals surface area (Å²) >= 11 is 0. The van der Waals surface area contributed by atoms with E-state index in [2.05, 4.69) is 183 Å². The maximum absolute atomic E-state index is 6.21. The summed E-state index contributed by atoms with van der Waals surface area (Å²) in [5, 5.41) is 4.66. The molecule has 0 N–H and O–H groups in total. The summed E-state index contributed by atoms with van der Waals surface area (Å²) in [7, 11) is 0. The van der Waals surface area contributed by atoms with E-state index in [-0.39, 0.29) is 5.41 Å². The minimum atomic E-state index is -0.0321. The van der Waals surface area contributed by atoms with Crippen LogP contribution in [0.1, 0.15) is 25.0 Å². The molecule has 0 fully saturated rings. The van der Waals surface area contributed by atoms with E-state index in [9.17, 15) is 0 Å². The Hall–Kier alpha value is -7.23. The topological polar surface area (TPSA) is 29.3 Å². The van der Waals surface area contributed by atoms with Gasteiger partial charge in [0.2, 0.25) is 5.89 Å². The molecule has 0 aliphatic heterocycles. The van der Waals surface area contributed by atoms with E-state index in [1.807, 2.05) is 30.3 Å². The normalized spacial score (nSPS) is 12.9. The standard InChI is InChI=1S/C54H38N2O/c1-54(2)48-21-10-9-17-47(48)51-42(19-12-22-49(51)54)36-25-29-40(30-26-36)56(38-15-7-4-8-16-38)39-27-23-35(24-28-39)41-18-11-20-43-44(41)31-32-46-45(43)33-34-50-52(46)55-53(57-50)37-13-5-3-6-14-37/h3-34H,1-2H3. The van der Waals surface area contributed by atoms with Gasteiger partial charge in [-0.2, -0.15) is 0 Å². The van der Waals surface area contributed by atoms with Crippen LogP contribution >= 0.6 is 0 Å². The van der Waals surface area contributed by atoms with Crippen LogP contribution in [0.4, 0.5) is 17.1 Å². The summed E-state index contributed by atoms with van der Waals surface area (Å²) in [5.74, 6) is 0.641. The van der Waals surface area contributed by atoms with Gasteiger partial charge in [0, 0.05) is 33.4 Å². The lowest BCUT2D eigenvalue weighted by Gasteiger charge is -2.26. The average molecular weight is 731 g/mol. The molecule has 0 saturated heterocycles. The van der Waals surface area contributed by atoms with Crippen LogP contribution in [-0.2, 0) is 5.41 Å². The van der Waals surface area contributed by atoms with E-state index in [1.54, 1.807) is 0 Å². The first kappa shape index (κ1) is 33.1. The van der Waals surface area contributed by atoms with Crippen molar-refractivity contribution in [3.63, 3.8) is 0 Å². The molecule has 0 bridgehead atoms. The van der Waals surface area contributed by atoms with E-state index in [0.717, 1.165) is 39.1 Å². The summed E-state index contributed by atoms with van der Waals surface area (Å²) in [6.45, 7) is 4.68. The number of anilines is 3. The molecule has 0 radical (unpaired) electrons. The van der Waals surface area contributed by atoms with E-state index in [0.29, 0.717) is 5.89 Å². The average Bonchev–Trinajstić information content (AvgIpc) is 3.82. The van der Waals surface area contributed by atoms with Crippen LogP contribution in [0.25, 0.3) is 77.5 Å². The smallest absolute Gasteiger partial charge is 0.227 e. The van der Waals surface area contributed by atoms with Crippen molar-refractivity contribution in [1.29, 1.82) is 0 Å². The first-order valence-electron chi connectivity index (χ1n) is 19.6. The third kappa shape index (κ3) is 5.31. The fourth-order valence-corrected chi connectivity index (χ4v) is 9.12. The van der Waals surface area contributed by atoms with Crippen molar-refractivity contribution >= 4 is 49.7 Å². The van der Waals surface area contributed by atoms with Gasteiger partial charge in [-0.15, -0.1) is 0 Å². The van der Waals surface area contributed by atoms with Gasteiger partial charge in [-0.3, -0.25) is 0 Å². The molecule has 1 aliphatic rings. The molecule has 3 heteroatoms. The van der Waals surface area contributed by atoms with Crippen molar-refractivity contribution in [1.82, 2.24) is 4.98 Å². The van der Waals surface area contributed by atoms with E-state index in [1.165, 1.54) is 60.7 Å². The lowest BCUT2D eigenvalue weighted by Crippen LogP contribution is -2.14. The van der Waals surface area contributed by atoms with Crippen molar-refractivity contribution < 1.29 is 4.42 Å². The molecule has 0 saturated carbocycles. The molecular formula is C54H38N2O. The third-order valence-electron chi connectivity index (χ3n) is 11.9. The number of aromatic nitrogens is 1. The highest BCUT2D eigenvalue weighted by Crippen LogP contribution is 2.52. The predicted molar refractivity (Wildman–Crippen MR) is 238 cm³/mol. The zero-order valence-electron chi connectivity index (χ0n) is 31.8. The lowest BCUT2D eigenvalue weighted by atomic mass is 9.82. The summed E-state index contributed by atoms with van der Waals surface area (Å²) in [5.41, 5.74) is 16.3. The Balaban J connectivity index is 0.956. The highest BCUT2D eigenvalue weighted by Gasteiger charge is 2.36. The number of rotatable bonds is 6. The molecule has 0 atom stereocenters. The minimum Gasteiger partial charge on any atom is -0.436 e. The number of oxazole rings is 1. The molecule has 1 aliphatic carbocycles. The molecule has 1 aromatic heterocycles. The van der Waals surface area contributed by atoms with Crippen LogP contribution in [0, 0.1) is 0 Å². The van der Waals surface area contributed by atoms with Crippen LogP contribution in [0.5, 0.6) is 0 Å². The van der Waals surface area contributed by atoms with E-state index in [4.69, 9.17) is 9.40 Å². The van der Waals surface area contributed by atoms with Gasteiger partial charge in [-0.05, 0) is 121 Å². The summed E-state index contributed by atoms with van der Waals surface area (Å²) in [6.07, 6.45) is 0. The van der Waals surface area contributed by atoms with E-state index < -0.39 is 0 Å². The number of fused-ring (bicyclic) bond motifs is 8. The fraction of sp³-hybridized carbons (Fsp3) is 0.0556. The van der Waals surface area contributed by atoms with Crippen LogP contribution in [0.15, 0.2) is 199 Å². The van der Waals surface area contributed by atoms with Crippen molar-refractivity contribution in [2.75, 3.05) is 4.90 Å². The van der Waals surface area contributed by atoms with Crippen LogP contribution in [0.2, 0.25) is 0 Å². The number of para-hydroxylation sites is 1. The Morgan fingerprint density at radius 1 is 0.404 bits per heavy atom. The zero-order valence-corrected chi connectivity index (χ0v) is 31.8. The molecule has 57 heavy (non-hydrogen) atoms. The number of hydrogen-bond donors (Lipinski definition) is 0. The minimum absolute atomic E-state index is 0.0321. The van der Waals surface area contributed by atoms with Gasteiger partial charge in [0.05, 0.1) is 0 Å². The molecule has 270 valence electrons. The molecule has 0 unspecified atom stereocenters. The van der Waals surface area contributed by atoms with Crippen LogP contribution < -0.4 is 4.90 Å². The zero-order chi connectivity index (χ0) is 38.1. The molecule has 10 aromatic rings. The summed E-state index contributed by atoms with van der Waals surface area (Å²) < 4.78 is 6.21. The maximum atomic E-state index is 6.21. The molecule has 0 spiro atoms. The van der Waals surface area contributed by atoms with E-state index >= 15 is 0 Å². The monoisotopic (exact) mass is 730 g/mol. The first-order valence-corrected chi connectivity index (χ1v) is 19.6. The van der Waals surface area contributed by atoms with Gasteiger partial charge in [0.15, 0.2) is 5.58 Å². The predicted octanol–water partition coefficient (Wildman–Crippen LogP) is 14.9. The molecule has 3 nitrogen and oxygen atoms in total. The Kier molecular flexibility index (Phi) is 7.52. The quantitative estimate of drug-likeness (QED) is 0.160. The van der Waals surface area contributed by atoms with Gasteiger partial charge in [0.1, 0.15) is 5.52 Å². The second-order valence-electron chi connectivity index (χ2n) is 15.5. The Morgan fingerprint density at radius 3 is 1.70 bits per heavy atom. The second kappa shape index (κ2) is 12.9. The van der Waals surface area contributed by atoms with Crippen LogP contribution in [0.3, 0.4) is 0 Å². The Morgan fingerprint density at radius 2 is 0.947 bits per heavy atom. The highest BCUT2D eigenvalue weighted by molar-refractivity contribution is 6.18. The summed E-state index contributed by atoms with van der Waals surface area (Å²) in [4.78, 5) is 7.29. The number of hydrogen-bond acceptors (Lipinski definition) is 3. The number of benzene rings is 9. The van der Waals surface area contributed by atoms with Crippen molar-refractivity contribution in [3.05, 3.63) is 205 Å². The molecule has 9 aromatic carbocycles. The molecule has 11 rings (SSSR count). The van der Waals surface area contributed by atoms with Gasteiger partial charge < -0.3 is 9.32 Å². The second-order valence-corrected chi connectivity index (χ2v) is 15.5. The van der Waals surface area contributed by atoms with Gasteiger partial charge >= 0.3 is 0 Å². The lowest BCUT2D eigenvalue weighted by molar-refractivity contribution is 0.620. The molecule has 0 amide bonds. The third-order valence-corrected chi connectivity index (χ3v) is 11.9. The van der Waals surface area contributed by atoms with Crippen molar-refractivity contribution in [2.24, 2.45) is 0 Å². The summed E-state index contributed by atoms with van der Waals surface area (Å²) in [6, 6.07) is 69.7. The Labute approximate surface area is 332 Å². The van der Waals surface area contributed by atoms with Crippen molar-refractivity contribution in [3.8, 4) is 44.8 Å². The highest BCUT2D eigenvalue weighted by atomic mass is 16.3. The van der Waals surface area contributed by atoms with Gasteiger partial charge in [-0.25, -0.2) is 4.98 Å². The van der Waals surface area contributed by atoms with Gasteiger partial charge in [-0.1, -0.05) is 147 Å².